The predicted octanol–water partition coefficient (Wildman–Crippen LogP) is 5.99. The lowest BCUT2D eigenvalue weighted by Gasteiger charge is -2.28. The summed E-state index contributed by atoms with van der Waals surface area (Å²) in [6.07, 6.45) is 10.6. The number of hydrogen-bond acceptors (Lipinski definition) is 2. The molecule has 3 heteroatoms. The third-order valence-electron chi connectivity index (χ3n) is 5.29. The van der Waals surface area contributed by atoms with Crippen LogP contribution in [0.15, 0.2) is 28.7 Å². The number of benzene rings is 1. The summed E-state index contributed by atoms with van der Waals surface area (Å²) in [5.41, 5.74) is 2.00. The molecule has 1 aliphatic rings. The molecule has 1 N–H and O–H groups in total. The van der Waals surface area contributed by atoms with Crippen LogP contribution in [0.3, 0.4) is 0 Å². The molecule has 1 aliphatic carbocycles. The van der Waals surface area contributed by atoms with E-state index in [-0.39, 0.29) is 5.76 Å². The highest BCUT2D eigenvalue weighted by molar-refractivity contribution is 5.91. The number of carbonyl (C=O) groups is 1. The molecule has 3 nitrogen and oxygen atoms in total. The zero-order valence-corrected chi connectivity index (χ0v) is 13.9. The number of rotatable bonds is 6. The molecular weight excluding hydrogens is 288 g/mol. The van der Waals surface area contributed by atoms with E-state index in [0.717, 1.165) is 11.3 Å². The largest absolute Gasteiger partial charge is 0.475 e. The first-order valence-corrected chi connectivity index (χ1v) is 8.94. The van der Waals surface area contributed by atoms with E-state index in [1.165, 1.54) is 56.9 Å². The van der Waals surface area contributed by atoms with Crippen molar-refractivity contribution in [3.05, 3.63) is 35.6 Å². The quantitative estimate of drug-likeness (QED) is 0.667. The summed E-state index contributed by atoms with van der Waals surface area (Å²) >= 11 is 0. The molecule has 1 saturated carbocycles. The fraction of sp³-hybridized carbons (Fsp3) is 0.550. The van der Waals surface area contributed by atoms with Gasteiger partial charge >= 0.3 is 5.97 Å². The minimum Gasteiger partial charge on any atom is -0.475 e. The van der Waals surface area contributed by atoms with E-state index in [1.54, 1.807) is 6.07 Å². The van der Waals surface area contributed by atoms with Gasteiger partial charge in [0, 0.05) is 5.39 Å². The monoisotopic (exact) mass is 314 g/mol. The fourth-order valence-electron chi connectivity index (χ4n) is 3.89. The second-order valence-corrected chi connectivity index (χ2v) is 6.93. The minimum atomic E-state index is -1.00. The molecule has 0 aliphatic heterocycles. The average molecular weight is 314 g/mol. The summed E-state index contributed by atoms with van der Waals surface area (Å²) in [6, 6.07) is 7.79. The van der Waals surface area contributed by atoms with Crippen LogP contribution in [-0.2, 0) is 0 Å². The highest BCUT2D eigenvalue weighted by Crippen LogP contribution is 2.38. The van der Waals surface area contributed by atoms with E-state index in [4.69, 9.17) is 9.52 Å². The van der Waals surface area contributed by atoms with E-state index in [0.29, 0.717) is 11.5 Å². The van der Waals surface area contributed by atoms with Gasteiger partial charge in [-0.15, -0.1) is 0 Å². The van der Waals surface area contributed by atoms with E-state index < -0.39 is 5.97 Å². The van der Waals surface area contributed by atoms with Crippen molar-refractivity contribution >= 4 is 16.9 Å². The minimum absolute atomic E-state index is 0.0248. The molecule has 0 spiro atoms. The van der Waals surface area contributed by atoms with E-state index in [9.17, 15) is 4.79 Å². The van der Waals surface area contributed by atoms with Crippen LogP contribution in [0.4, 0.5) is 0 Å². The molecule has 2 aromatic rings. The van der Waals surface area contributed by atoms with Gasteiger partial charge < -0.3 is 9.52 Å². The molecule has 1 heterocycles. The van der Waals surface area contributed by atoms with E-state index in [1.807, 2.05) is 6.07 Å². The molecule has 0 bridgehead atoms. The normalized spacial score (nSPS) is 21.6. The van der Waals surface area contributed by atoms with Crippen molar-refractivity contribution < 1.29 is 14.3 Å². The lowest BCUT2D eigenvalue weighted by atomic mass is 9.77. The van der Waals surface area contributed by atoms with Crippen LogP contribution in [-0.4, -0.2) is 11.1 Å². The Kier molecular flexibility index (Phi) is 5.04. The maximum atomic E-state index is 11.0. The number of carboxylic acids is 1. The zero-order chi connectivity index (χ0) is 16.2. The molecule has 124 valence electrons. The lowest BCUT2D eigenvalue weighted by molar-refractivity contribution is 0.0665. The maximum Gasteiger partial charge on any atom is 0.371 e. The van der Waals surface area contributed by atoms with Crippen molar-refractivity contribution in [2.75, 3.05) is 0 Å². The first-order chi connectivity index (χ1) is 11.2. The van der Waals surface area contributed by atoms with Crippen LogP contribution in [0.25, 0.3) is 11.0 Å². The van der Waals surface area contributed by atoms with Crippen LogP contribution < -0.4 is 0 Å². The molecule has 23 heavy (non-hydrogen) atoms. The van der Waals surface area contributed by atoms with Crippen molar-refractivity contribution in [2.24, 2.45) is 5.92 Å². The first kappa shape index (κ1) is 16.1. The third kappa shape index (κ3) is 3.77. The van der Waals surface area contributed by atoms with Gasteiger partial charge in [0.1, 0.15) is 5.58 Å². The Morgan fingerprint density at radius 3 is 2.65 bits per heavy atom. The van der Waals surface area contributed by atoms with Crippen molar-refractivity contribution in [2.45, 2.75) is 64.2 Å². The van der Waals surface area contributed by atoms with Crippen LogP contribution >= 0.6 is 0 Å². The Labute approximate surface area is 137 Å². The number of aromatic carboxylic acids is 1. The van der Waals surface area contributed by atoms with Gasteiger partial charge in [0.05, 0.1) is 0 Å². The van der Waals surface area contributed by atoms with E-state index in [2.05, 4.69) is 19.1 Å². The van der Waals surface area contributed by atoms with Crippen LogP contribution in [0.5, 0.6) is 0 Å². The van der Waals surface area contributed by atoms with Crippen molar-refractivity contribution in [3.8, 4) is 0 Å². The topological polar surface area (TPSA) is 50.4 Å². The average Bonchev–Trinajstić information content (AvgIpc) is 2.99. The van der Waals surface area contributed by atoms with Crippen molar-refractivity contribution in [1.82, 2.24) is 0 Å². The maximum absolute atomic E-state index is 11.0. The van der Waals surface area contributed by atoms with Gasteiger partial charge in [0.15, 0.2) is 0 Å². The Morgan fingerprint density at radius 2 is 1.96 bits per heavy atom. The van der Waals surface area contributed by atoms with Crippen LogP contribution in [0.2, 0.25) is 0 Å². The molecule has 0 atom stereocenters. The smallest absolute Gasteiger partial charge is 0.371 e. The predicted molar refractivity (Wildman–Crippen MR) is 92.0 cm³/mol. The van der Waals surface area contributed by atoms with Gasteiger partial charge in [-0.2, -0.15) is 0 Å². The molecular formula is C20H26O3. The summed E-state index contributed by atoms with van der Waals surface area (Å²) < 4.78 is 5.34. The summed E-state index contributed by atoms with van der Waals surface area (Å²) in [7, 11) is 0. The summed E-state index contributed by atoms with van der Waals surface area (Å²) in [5.74, 6) is 0.547. The van der Waals surface area contributed by atoms with Gasteiger partial charge in [0.2, 0.25) is 5.76 Å². The summed E-state index contributed by atoms with van der Waals surface area (Å²) in [6.45, 7) is 2.26. The Hall–Kier alpha value is -1.77. The SMILES string of the molecule is CCCCCC1CCC(c2ccc3oc(C(=O)O)cc3c2)CC1. The van der Waals surface area contributed by atoms with Gasteiger partial charge in [0.25, 0.3) is 0 Å². The number of carboxylic acid groups (broad SMARTS) is 1. The molecule has 1 fully saturated rings. The number of unbranched alkanes of at least 4 members (excludes halogenated alkanes) is 2. The zero-order valence-electron chi connectivity index (χ0n) is 13.9. The second-order valence-electron chi connectivity index (χ2n) is 6.93. The Bertz CT molecular complexity index is 663. The third-order valence-corrected chi connectivity index (χ3v) is 5.29. The molecule has 3 rings (SSSR count). The van der Waals surface area contributed by atoms with Gasteiger partial charge in [-0.3, -0.25) is 0 Å². The van der Waals surface area contributed by atoms with Gasteiger partial charge in [-0.25, -0.2) is 4.79 Å². The van der Waals surface area contributed by atoms with Gasteiger partial charge in [-0.05, 0) is 61.3 Å². The first-order valence-electron chi connectivity index (χ1n) is 8.94. The van der Waals surface area contributed by atoms with Crippen molar-refractivity contribution in [3.63, 3.8) is 0 Å². The summed E-state index contributed by atoms with van der Waals surface area (Å²) in [4.78, 5) is 11.0. The Balaban J connectivity index is 1.64. The highest BCUT2D eigenvalue weighted by atomic mass is 16.4. The molecule has 0 radical (unpaired) electrons. The standard InChI is InChI=1S/C20H26O3/c1-2-3-4-5-14-6-8-15(9-7-14)16-10-11-18-17(12-16)13-19(23-18)20(21)22/h10-15H,2-9H2,1H3,(H,21,22). The van der Waals surface area contributed by atoms with E-state index >= 15 is 0 Å². The number of fused-ring (bicyclic) bond motifs is 1. The number of hydrogen-bond donors (Lipinski definition) is 1. The van der Waals surface area contributed by atoms with Crippen LogP contribution in [0, 0.1) is 5.92 Å². The Morgan fingerprint density at radius 1 is 1.17 bits per heavy atom. The lowest BCUT2D eigenvalue weighted by Crippen LogP contribution is -2.13. The summed E-state index contributed by atoms with van der Waals surface area (Å²) in [5, 5.41) is 9.94. The fourth-order valence-corrected chi connectivity index (χ4v) is 3.89. The second kappa shape index (κ2) is 7.20. The number of furan rings is 1. The molecule has 1 aromatic carbocycles. The highest BCUT2D eigenvalue weighted by Gasteiger charge is 2.22. The molecule has 1 aromatic heterocycles. The van der Waals surface area contributed by atoms with Crippen molar-refractivity contribution in [1.29, 1.82) is 0 Å². The van der Waals surface area contributed by atoms with Crippen LogP contribution in [0.1, 0.15) is 80.3 Å². The molecule has 0 unspecified atom stereocenters. The molecule has 0 saturated heterocycles. The molecule has 0 amide bonds. The van der Waals surface area contributed by atoms with Gasteiger partial charge in [-0.1, -0.05) is 38.7 Å².